The molecule has 0 saturated heterocycles. The maximum Gasteiger partial charge on any atom is 0.162 e. The molecule has 0 amide bonds. The second-order valence-electron chi connectivity index (χ2n) is 8.74. The Morgan fingerprint density at radius 3 is 1.86 bits per heavy atom. The molecular weight excluding hydrogens is 426 g/mol. The number of aromatic nitrogens is 3. The van der Waals surface area contributed by atoms with Gasteiger partial charge in [-0.1, -0.05) is 103 Å². The first-order valence-electron chi connectivity index (χ1n) is 11.8. The lowest BCUT2D eigenvalue weighted by Crippen LogP contribution is -2.02. The van der Waals surface area contributed by atoms with Crippen molar-refractivity contribution in [1.82, 2.24) is 14.5 Å². The highest BCUT2D eigenvalue weighted by molar-refractivity contribution is 6.13. The van der Waals surface area contributed by atoms with Crippen molar-refractivity contribution in [3.63, 3.8) is 0 Å². The van der Waals surface area contributed by atoms with Gasteiger partial charge < -0.3 is 0 Å². The second-order valence-corrected chi connectivity index (χ2v) is 8.74. The smallest absolute Gasteiger partial charge is 0.162 e. The van der Waals surface area contributed by atoms with E-state index in [9.17, 15) is 0 Å². The van der Waals surface area contributed by atoms with E-state index in [0.717, 1.165) is 33.7 Å². The van der Waals surface area contributed by atoms with Gasteiger partial charge in [0.1, 0.15) is 5.82 Å². The van der Waals surface area contributed by atoms with E-state index in [2.05, 4.69) is 95.6 Å². The molecule has 0 saturated carbocycles. The monoisotopic (exact) mass is 447 g/mol. The van der Waals surface area contributed by atoms with Crippen molar-refractivity contribution in [1.29, 1.82) is 0 Å². The average molecular weight is 448 g/mol. The highest BCUT2D eigenvalue weighted by Gasteiger charge is 2.16. The maximum atomic E-state index is 5.10. The van der Waals surface area contributed by atoms with Gasteiger partial charge in [0, 0.05) is 28.0 Å². The van der Waals surface area contributed by atoms with Crippen LogP contribution in [0, 0.1) is 0 Å². The Balaban J connectivity index is 1.59. The molecule has 0 atom stereocenters. The molecule has 35 heavy (non-hydrogen) atoms. The highest BCUT2D eigenvalue weighted by atomic mass is 15.1. The summed E-state index contributed by atoms with van der Waals surface area (Å²) in [6.45, 7) is 0. The van der Waals surface area contributed by atoms with Crippen molar-refractivity contribution in [3.05, 3.63) is 127 Å². The molecule has 0 N–H and O–H groups in total. The molecule has 3 nitrogen and oxygen atoms in total. The van der Waals surface area contributed by atoms with Crippen LogP contribution >= 0.6 is 0 Å². The predicted molar refractivity (Wildman–Crippen MR) is 145 cm³/mol. The van der Waals surface area contributed by atoms with E-state index in [-0.39, 0.29) is 0 Å². The van der Waals surface area contributed by atoms with Gasteiger partial charge in [0.05, 0.1) is 16.7 Å². The Hall–Kier alpha value is -4.76. The van der Waals surface area contributed by atoms with Crippen molar-refractivity contribution in [3.8, 4) is 28.5 Å². The summed E-state index contributed by atoms with van der Waals surface area (Å²) in [5, 5.41) is 4.89. The molecule has 0 fully saturated rings. The van der Waals surface area contributed by atoms with Crippen LogP contribution < -0.4 is 0 Å². The molecule has 7 aromatic rings. The van der Waals surface area contributed by atoms with Crippen LogP contribution in [-0.4, -0.2) is 14.5 Å². The Kier molecular flexibility index (Phi) is 4.46. The van der Waals surface area contributed by atoms with Crippen LogP contribution in [0.2, 0.25) is 0 Å². The van der Waals surface area contributed by atoms with Crippen LogP contribution in [-0.2, 0) is 0 Å². The van der Waals surface area contributed by atoms with Gasteiger partial charge in [0.25, 0.3) is 0 Å². The van der Waals surface area contributed by atoms with Crippen LogP contribution in [0.4, 0.5) is 0 Å². The topological polar surface area (TPSA) is 30.7 Å². The lowest BCUT2D eigenvalue weighted by molar-refractivity contribution is 1.05. The van der Waals surface area contributed by atoms with Crippen molar-refractivity contribution >= 4 is 32.6 Å². The molecule has 0 bridgehead atoms. The molecule has 7 rings (SSSR count). The largest absolute Gasteiger partial charge is 0.294 e. The number of nitrogens with zero attached hydrogens (tertiary/aromatic N) is 3. The number of benzene rings is 5. The third-order valence-corrected chi connectivity index (χ3v) is 6.58. The molecule has 2 heterocycles. The minimum atomic E-state index is 0.716. The Labute approximate surface area is 203 Å². The maximum absolute atomic E-state index is 5.10. The van der Waals surface area contributed by atoms with Crippen molar-refractivity contribution in [2.24, 2.45) is 0 Å². The molecule has 0 unspecified atom stereocenters. The van der Waals surface area contributed by atoms with E-state index < -0.39 is 0 Å². The van der Waals surface area contributed by atoms with Gasteiger partial charge in [-0.2, -0.15) is 0 Å². The number of fused-ring (bicyclic) bond motifs is 4. The highest BCUT2D eigenvalue weighted by Crippen LogP contribution is 2.35. The first-order chi connectivity index (χ1) is 17.3. The summed E-state index contributed by atoms with van der Waals surface area (Å²) in [5.74, 6) is 1.58. The van der Waals surface area contributed by atoms with E-state index in [1.165, 1.54) is 21.5 Å². The van der Waals surface area contributed by atoms with Crippen LogP contribution in [0.5, 0.6) is 0 Å². The zero-order valence-corrected chi connectivity index (χ0v) is 19.0. The van der Waals surface area contributed by atoms with Gasteiger partial charge in [-0.3, -0.25) is 4.57 Å². The normalized spacial score (nSPS) is 11.4. The SMILES string of the molecule is c1ccc(-c2cc(-n3c4ccccc4c4cc5ccccc5cc43)nc(-c3ccccc3)n2)cc1. The van der Waals surface area contributed by atoms with Gasteiger partial charge in [-0.25, -0.2) is 9.97 Å². The fraction of sp³-hybridized carbons (Fsp3) is 0. The summed E-state index contributed by atoms with van der Waals surface area (Å²) >= 11 is 0. The van der Waals surface area contributed by atoms with Crippen LogP contribution in [0.1, 0.15) is 0 Å². The zero-order chi connectivity index (χ0) is 23.2. The second kappa shape index (κ2) is 7.93. The van der Waals surface area contributed by atoms with Crippen molar-refractivity contribution in [2.75, 3.05) is 0 Å². The number of para-hydroxylation sites is 1. The van der Waals surface area contributed by atoms with Crippen molar-refractivity contribution in [2.45, 2.75) is 0 Å². The molecule has 2 aromatic heterocycles. The molecule has 3 heteroatoms. The predicted octanol–water partition coefficient (Wildman–Crippen LogP) is 8.06. The third kappa shape index (κ3) is 3.29. The summed E-state index contributed by atoms with van der Waals surface area (Å²) in [5.41, 5.74) is 5.25. The van der Waals surface area contributed by atoms with Gasteiger partial charge in [0.15, 0.2) is 5.82 Å². The Morgan fingerprint density at radius 1 is 0.457 bits per heavy atom. The van der Waals surface area contributed by atoms with Crippen LogP contribution in [0.3, 0.4) is 0 Å². The van der Waals surface area contributed by atoms with E-state index in [1.54, 1.807) is 0 Å². The van der Waals surface area contributed by atoms with Gasteiger partial charge in [0.2, 0.25) is 0 Å². The summed E-state index contributed by atoms with van der Waals surface area (Å²) < 4.78 is 2.28. The molecule has 164 valence electrons. The molecule has 5 aromatic carbocycles. The van der Waals surface area contributed by atoms with Crippen LogP contribution in [0.15, 0.2) is 127 Å². The quantitative estimate of drug-likeness (QED) is 0.274. The van der Waals surface area contributed by atoms with E-state index in [1.807, 2.05) is 36.4 Å². The van der Waals surface area contributed by atoms with E-state index >= 15 is 0 Å². The number of hydrogen-bond donors (Lipinski definition) is 0. The molecule has 0 aliphatic heterocycles. The lowest BCUT2D eigenvalue weighted by Gasteiger charge is -2.12. The fourth-order valence-corrected chi connectivity index (χ4v) is 4.92. The first kappa shape index (κ1) is 19.7. The van der Waals surface area contributed by atoms with Crippen LogP contribution in [0.25, 0.3) is 61.0 Å². The van der Waals surface area contributed by atoms with E-state index in [0.29, 0.717) is 5.82 Å². The number of hydrogen-bond acceptors (Lipinski definition) is 2. The summed E-state index contributed by atoms with van der Waals surface area (Å²) in [6.07, 6.45) is 0. The Bertz CT molecular complexity index is 1780. The third-order valence-electron chi connectivity index (χ3n) is 6.58. The molecule has 0 radical (unpaired) electrons. The molecule has 0 spiro atoms. The summed E-state index contributed by atoms with van der Waals surface area (Å²) in [7, 11) is 0. The van der Waals surface area contributed by atoms with Gasteiger partial charge in [-0.15, -0.1) is 0 Å². The lowest BCUT2D eigenvalue weighted by atomic mass is 10.1. The number of rotatable bonds is 3. The molecule has 0 aliphatic rings. The Morgan fingerprint density at radius 2 is 1.09 bits per heavy atom. The summed E-state index contributed by atoms with van der Waals surface area (Å²) in [4.78, 5) is 10.1. The van der Waals surface area contributed by atoms with Gasteiger partial charge >= 0.3 is 0 Å². The first-order valence-corrected chi connectivity index (χ1v) is 11.8. The zero-order valence-electron chi connectivity index (χ0n) is 19.0. The van der Waals surface area contributed by atoms with Gasteiger partial charge in [-0.05, 0) is 29.0 Å². The van der Waals surface area contributed by atoms with E-state index in [4.69, 9.17) is 9.97 Å². The van der Waals surface area contributed by atoms with Crippen molar-refractivity contribution < 1.29 is 0 Å². The average Bonchev–Trinajstić information content (AvgIpc) is 3.26. The standard InChI is InChI=1S/C32H21N3/c1-3-11-22(12-4-1)28-21-31(34-32(33-28)23-13-5-2-6-14-23)35-29-18-10-9-17-26(29)27-19-24-15-7-8-16-25(24)20-30(27)35/h1-21H. The fourth-order valence-electron chi connectivity index (χ4n) is 4.92. The minimum Gasteiger partial charge on any atom is -0.294 e. The minimum absolute atomic E-state index is 0.716. The summed E-state index contributed by atoms with van der Waals surface area (Å²) in [6, 6.07) is 44.3. The molecular formula is C32H21N3. The molecule has 0 aliphatic carbocycles.